The average molecular weight is 359 g/mol. The molecule has 2 fully saturated rings. The van der Waals surface area contributed by atoms with Crippen LogP contribution < -0.4 is 5.32 Å². The molecule has 132 valence electrons. The van der Waals surface area contributed by atoms with Crippen molar-refractivity contribution in [1.82, 2.24) is 15.2 Å². The van der Waals surface area contributed by atoms with Gasteiger partial charge in [0.15, 0.2) is 5.58 Å². The molecule has 4 rings (SSSR count). The Kier molecular flexibility index (Phi) is 4.33. The summed E-state index contributed by atoms with van der Waals surface area (Å²) in [5.74, 6) is -0.200. The summed E-state index contributed by atoms with van der Waals surface area (Å²) < 4.78 is 5.35. The smallest absolute Gasteiger partial charge is 0.266 e. The van der Waals surface area contributed by atoms with E-state index in [4.69, 9.17) is 16.6 Å². The third-order valence-corrected chi connectivity index (χ3v) is 5.43. The predicted octanol–water partition coefficient (Wildman–Crippen LogP) is 3.15. The van der Waals surface area contributed by atoms with Gasteiger partial charge in [0.25, 0.3) is 10.7 Å². The number of oxazole rings is 1. The molecular formula is C18H21N3O3S. The standard InChI is InChI=1S/C18H21N3O3S/c22-16(11-6-7-13-15(10-11)24-18(25)20-13)19-14-8-9-21(17(14)23)12-4-2-1-3-5-12/h6-7,10,12,14H,1-5,8-9H2,(H,19,22)(H,20,25). The molecule has 1 saturated carbocycles. The van der Waals surface area contributed by atoms with E-state index in [-0.39, 0.29) is 16.7 Å². The molecule has 2 heterocycles. The quantitative estimate of drug-likeness (QED) is 0.825. The fourth-order valence-electron chi connectivity index (χ4n) is 3.92. The van der Waals surface area contributed by atoms with Crippen molar-refractivity contribution in [3.63, 3.8) is 0 Å². The van der Waals surface area contributed by atoms with E-state index in [0.29, 0.717) is 23.6 Å². The molecule has 1 atom stereocenters. The molecule has 25 heavy (non-hydrogen) atoms. The van der Waals surface area contributed by atoms with Gasteiger partial charge >= 0.3 is 0 Å². The van der Waals surface area contributed by atoms with Crippen LogP contribution in [0.2, 0.25) is 0 Å². The van der Waals surface area contributed by atoms with Crippen LogP contribution in [0.15, 0.2) is 22.6 Å². The number of hydrogen-bond donors (Lipinski definition) is 2. The summed E-state index contributed by atoms with van der Waals surface area (Å²) >= 11 is 4.96. The van der Waals surface area contributed by atoms with Gasteiger partial charge in [0.05, 0.1) is 5.52 Å². The Balaban J connectivity index is 1.44. The molecule has 1 aliphatic carbocycles. The number of fused-ring (bicyclic) bond motifs is 1. The van der Waals surface area contributed by atoms with Gasteiger partial charge in [-0.25, -0.2) is 0 Å². The minimum atomic E-state index is -0.428. The van der Waals surface area contributed by atoms with Gasteiger partial charge in [0.2, 0.25) is 5.91 Å². The molecule has 2 aliphatic rings. The summed E-state index contributed by atoms with van der Waals surface area (Å²) in [6, 6.07) is 5.03. The van der Waals surface area contributed by atoms with Crippen molar-refractivity contribution in [2.75, 3.05) is 6.54 Å². The molecule has 2 amide bonds. The lowest BCUT2D eigenvalue weighted by molar-refractivity contribution is -0.131. The van der Waals surface area contributed by atoms with Gasteiger partial charge in [-0.2, -0.15) is 0 Å². The molecule has 1 aromatic heterocycles. The first-order valence-corrected chi connectivity index (χ1v) is 9.27. The number of nitrogens with zero attached hydrogens (tertiary/aromatic N) is 1. The monoisotopic (exact) mass is 359 g/mol. The zero-order valence-electron chi connectivity index (χ0n) is 13.9. The van der Waals surface area contributed by atoms with Gasteiger partial charge in [-0.05, 0) is 49.7 Å². The van der Waals surface area contributed by atoms with Gasteiger partial charge < -0.3 is 19.6 Å². The van der Waals surface area contributed by atoms with E-state index in [9.17, 15) is 9.59 Å². The second-order valence-electron chi connectivity index (χ2n) is 6.86. The number of aromatic amines is 1. The van der Waals surface area contributed by atoms with Crippen molar-refractivity contribution in [3.05, 3.63) is 28.6 Å². The normalized spacial score (nSPS) is 21.8. The topological polar surface area (TPSA) is 78.3 Å². The SMILES string of the molecule is O=C(NC1CCN(C2CCCCC2)C1=O)c1ccc2[nH]c(=S)oc2c1. The number of carbonyl (C=O) groups excluding carboxylic acids is 2. The van der Waals surface area contributed by atoms with Gasteiger partial charge in [0, 0.05) is 18.2 Å². The Morgan fingerprint density at radius 1 is 1.24 bits per heavy atom. The van der Waals surface area contributed by atoms with Crippen molar-refractivity contribution < 1.29 is 14.0 Å². The van der Waals surface area contributed by atoms with Crippen LogP contribution in [-0.4, -0.2) is 40.3 Å². The summed E-state index contributed by atoms with van der Waals surface area (Å²) in [5, 5.41) is 2.88. The van der Waals surface area contributed by atoms with E-state index in [1.54, 1.807) is 18.2 Å². The maximum atomic E-state index is 12.7. The van der Waals surface area contributed by atoms with E-state index in [2.05, 4.69) is 10.3 Å². The molecule has 1 aliphatic heterocycles. The summed E-state index contributed by atoms with van der Waals surface area (Å²) in [4.78, 5) is 30.3. The summed E-state index contributed by atoms with van der Waals surface area (Å²) in [6.45, 7) is 0.736. The van der Waals surface area contributed by atoms with E-state index in [1.165, 1.54) is 19.3 Å². The van der Waals surface area contributed by atoms with Crippen LogP contribution in [0.5, 0.6) is 0 Å². The lowest BCUT2D eigenvalue weighted by Crippen LogP contribution is -2.45. The minimum absolute atomic E-state index is 0.0560. The molecule has 6 nitrogen and oxygen atoms in total. The Hall–Kier alpha value is -2.15. The van der Waals surface area contributed by atoms with Crippen molar-refractivity contribution in [1.29, 1.82) is 0 Å². The van der Waals surface area contributed by atoms with Gasteiger partial charge in [-0.1, -0.05) is 19.3 Å². The first kappa shape index (κ1) is 16.3. The number of H-pyrrole nitrogens is 1. The molecule has 1 saturated heterocycles. The van der Waals surface area contributed by atoms with Crippen LogP contribution in [0.3, 0.4) is 0 Å². The molecule has 7 heteroatoms. The van der Waals surface area contributed by atoms with E-state index in [0.717, 1.165) is 24.9 Å². The highest BCUT2D eigenvalue weighted by molar-refractivity contribution is 7.71. The number of carbonyl (C=O) groups is 2. The third-order valence-electron chi connectivity index (χ3n) is 5.24. The first-order chi connectivity index (χ1) is 12.1. The van der Waals surface area contributed by atoms with Crippen molar-refractivity contribution in [3.8, 4) is 0 Å². The molecule has 0 spiro atoms. The first-order valence-electron chi connectivity index (χ1n) is 8.86. The largest absolute Gasteiger partial charge is 0.429 e. The van der Waals surface area contributed by atoms with Crippen molar-refractivity contribution >= 4 is 35.1 Å². The number of aromatic nitrogens is 1. The number of rotatable bonds is 3. The Labute approximate surface area is 150 Å². The number of nitrogens with one attached hydrogen (secondary N) is 2. The Morgan fingerprint density at radius 2 is 2.04 bits per heavy atom. The van der Waals surface area contributed by atoms with E-state index >= 15 is 0 Å². The highest BCUT2D eigenvalue weighted by Crippen LogP contribution is 2.26. The summed E-state index contributed by atoms with van der Waals surface area (Å²) in [7, 11) is 0. The fraction of sp³-hybridized carbons (Fsp3) is 0.500. The molecule has 0 radical (unpaired) electrons. The number of likely N-dealkylation sites (tertiary alicyclic amines) is 1. The van der Waals surface area contributed by atoms with Crippen LogP contribution in [0.1, 0.15) is 48.9 Å². The second kappa shape index (κ2) is 6.63. The molecule has 0 bridgehead atoms. The highest BCUT2D eigenvalue weighted by Gasteiger charge is 2.37. The zero-order valence-corrected chi connectivity index (χ0v) is 14.7. The Morgan fingerprint density at radius 3 is 2.84 bits per heavy atom. The van der Waals surface area contributed by atoms with Crippen LogP contribution in [0.25, 0.3) is 11.1 Å². The molecule has 2 N–H and O–H groups in total. The lowest BCUT2D eigenvalue weighted by Gasteiger charge is -2.31. The van der Waals surface area contributed by atoms with E-state index < -0.39 is 6.04 Å². The Bertz CT molecular complexity index is 866. The predicted molar refractivity (Wildman–Crippen MR) is 95.9 cm³/mol. The maximum Gasteiger partial charge on any atom is 0.266 e. The third kappa shape index (κ3) is 3.20. The summed E-state index contributed by atoms with van der Waals surface area (Å²) in [5.41, 5.74) is 1.76. The van der Waals surface area contributed by atoms with Crippen molar-refractivity contribution in [2.45, 2.75) is 50.6 Å². The fourth-order valence-corrected chi connectivity index (χ4v) is 4.12. The lowest BCUT2D eigenvalue weighted by atomic mass is 9.94. The van der Waals surface area contributed by atoms with Crippen LogP contribution >= 0.6 is 12.2 Å². The zero-order chi connectivity index (χ0) is 17.4. The van der Waals surface area contributed by atoms with Crippen LogP contribution in [-0.2, 0) is 4.79 Å². The molecule has 2 aromatic rings. The van der Waals surface area contributed by atoms with Gasteiger partial charge in [-0.3, -0.25) is 9.59 Å². The van der Waals surface area contributed by atoms with Crippen LogP contribution in [0.4, 0.5) is 0 Å². The number of amides is 2. The van der Waals surface area contributed by atoms with Crippen LogP contribution in [0, 0.1) is 4.84 Å². The minimum Gasteiger partial charge on any atom is -0.429 e. The molecular weight excluding hydrogens is 338 g/mol. The average Bonchev–Trinajstić information content (AvgIpc) is 3.17. The number of hydrogen-bond acceptors (Lipinski definition) is 4. The second-order valence-corrected chi connectivity index (χ2v) is 7.23. The maximum absolute atomic E-state index is 12.7. The van der Waals surface area contributed by atoms with Crippen molar-refractivity contribution in [2.24, 2.45) is 0 Å². The van der Waals surface area contributed by atoms with Gasteiger partial charge in [0.1, 0.15) is 6.04 Å². The van der Waals surface area contributed by atoms with E-state index in [1.807, 2.05) is 4.90 Å². The molecule has 1 aromatic carbocycles. The summed E-state index contributed by atoms with van der Waals surface area (Å²) in [6.07, 6.45) is 6.49. The molecule has 1 unspecified atom stereocenters. The highest BCUT2D eigenvalue weighted by atomic mass is 32.1. The number of benzene rings is 1. The van der Waals surface area contributed by atoms with Gasteiger partial charge in [-0.15, -0.1) is 0 Å².